The van der Waals surface area contributed by atoms with Crippen LogP contribution in [0.5, 0.6) is 0 Å². The van der Waals surface area contributed by atoms with Gasteiger partial charge < -0.3 is 5.73 Å². The van der Waals surface area contributed by atoms with Gasteiger partial charge >= 0.3 is 0 Å². The molecule has 1 heterocycles. The fourth-order valence-corrected chi connectivity index (χ4v) is 5.55. The lowest BCUT2D eigenvalue weighted by Crippen LogP contribution is -2.49. The Hall–Kier alpha value is 0.340. The van der Waals surface area contributed by atoms with Gasteiger partial charge in [-0.05, 0) is 40.9 Å². The highest BCUT2D eigenvalue weighted by Crippen LogP contribution is 2.27. The van der Waals surface area contributed by atoms with Crippen LogP contribution in [0.25, 0.3) is 0 Å². The van der Waals surface area contributed by atoms with Crippen LogP contribution < -0.4 is 10.5 Å². The summed E-state index contributed by atoms with van der Waals surface area (Å²) < 4.78 is 28.1. The molecule has 1 aromatic heterocycles. The van der Waals surface area contributed by atoms with Gasteiger partial charge in [-0.2, -0.15) is 0 Å². The van der Waals surface area contributed by atoms with Gasteiger partial charge in [0, 0.05) is 12.1 Å². The molecule has 0 atom stereocenters. The topological polar surface area (TPSA) is 72.2 Å². The van der Waals surface area contributed by atoms with Gasteiger partial charge in [-0.15, -0.1) is 23.7 Å². The minimum atomic E-state index is -3.43. The van der Waals surface area contributed by atoms with Crippen LogP contribution in [-0.2, 0) is 10.0 Å². The molecule has 1 aliphatic carbocycles. The van der Waals surface area contributed by atoms with E-state index in [1.54, 1.807) is 12.1 Å². The van der Waals surface area contributed by atoms with Crippen molar-refractivity contribution in [2.45, 2.75) is 48.3 Å². The first-order chi connectivity index (χ1) is 8.91. The molecule has 1 saturated carbocycles. The summed E-state index contributed by atoms with van der Waals surface area (Å²) in [5, 5.41) is 0. The Bertz CT molecular complexity index is 525. The maximum Gasteiger partial charge on any atom is 0.250 e. The van der Waals surface area contributed by atoms with Gasteiger partial charge in [0.15, 0.2) is 0 Å². The van der Waals surface area contributed by atoms with E-state index < -0.39 is 15.6 Å². The third kappa shape index (κ3) is 4.96. The molecule has 1 aliphatic rings. The van der Waals surface area contributed by atoms with Crippen LogP contribution in [0.2, 0.25) is 0 Å². The molecule has 0 unspecified atom stereocenters. The van der Waals surface area contributed by atoms with E-state index in [-0.39, 0.29) is 12.4 Å². The third-order valence-electron chi connectivity index (χ3n) is 3.53. The number of thiophene rings is 1. The Morgan fingerprint density at radius 2 is 1.85 bits per heavy atom. The van der Waals surface area contributed by atoms with Gasteiger partial charge in [0.2, 0.25) is 10.0 Å². The maximum absolute atomic E-state index is 12.1. The van der Waals surface area contributed by atoms with Crippen molar-refractivity contribution >= 4 is 49.7 Å². The number of nitrogens with one attached hydrogen (secondary N) is 1. The number of rotatable bonds is 4. The summed E-state index contributed by atoms with van der Waals surface area (Å²) in [6.45, 7) is 0.324. The Balaban J connectivity index is 0.00000200. The molecule has 0 saturated heterocycles. The summed E-state index contributed by atoms with van der Waals surface area (Å²) in [4.78, 5) is 0. The van der Waals surface area contributed by atoms with E-state index >= 15 is 0 Å². The largest absolute Gasteiger partial charge is 0.324 e. The zero-order valence-corrected chi connectivity index (χ0v) is 15.1. The van der Waals surface area contributed by atoms with Crippen LogP contribution >= 0.6 is 39.7 Å². The first-order valence-electron chi connectivity index (χ1n) is 6.45. The van der Waals surface area contributed by atoms with Crippen LogP contribution in [0, 0.1) is 0 Å². The van der Waals surface area contributed by atoms with Crippen LogP contribution in [0.3, 0.4) is 0 Å². The summed E-state index contributed by atoms with van der Waals surface area (Å²) >= 11 is 4.48. The van der Waals surface area contributed by atoms with E-state index in [1.807, 2.05) is 0 Å². The van der Waals surface area contributed by atoms with Gasteiger partial charge in [0.25, 0.3) is 0 Å². The Kier molecular flexibility index (Phi) is 6.95. The lowest BCUT2D eigenvalue weighted by molar-refractivity contribution is 0.369. The normalized spacial score (nSPS) is 19.1. The van der Waals surface area contributed by atoms with Crippen molar-refractivity contribution in [2.75, 3.05) is 6.54 Å². The zero-order chi connectivity index (χ0) is 13.9. The van der Waals surface area contributed by atoms with Crippen molar-refractivity contribution in [3.63, 3.8) is 0 Å². The Labute approximate surface area is 139 Å². The molecule has 0 bridgehead atoms. The minimum Gasteiger partial charge on any atom is -0.324 e. The quantitative estimate of drug-likeness (QED) is 0.758. The number of hydrogen-bond donors (Lipinski definition) is 2. The maximum atomic E-state index is 12.1. The van der Waals surface area contributed by atoms with Crippen molar-refractivity contribution in [1.82, 2.24) is 4.72 Å². The summed E-state index contributed by atoms with van der Waals surface area (Å²) in [6.07, 6.45) is 6.35. The average Bonchev–Trinajstić information content (AvgIpc) is 2.68. The first kappa shape index (κ1) is 18.4. The van der Waals surface area contributed by atoms with Crippen molar-refractivity contribution in [3.8, 4) is 0 Å². The minimum absolute atomic E-state index is 0. The number of halogens is 2. The molecule has 0 aromatic carbocycles. The Morgan fingerprint density at radius 3 is 2.35 bits per heavy atom. The molecule has 20 heavy (non-hydrogen) atoms. The van der Waals surface area contributed by atoms with Crippen LogP contribution in [-0.4, -0.2) is 20.5 Å². The number of nitrogens with two attached hydrogens (primary N) is 1. The van der Waals surface area contributed by atoms with E-state index in [4.69, 9.17) is 5.73 Å². The van der Waals surface area contributed by atoms with Gasteiger partial charge in [-0.1, -0.05) is 25.7 Å². The average molecular weight is 404 g/mol. The van der Waals surface area contributed by atoms with Crippen LogP contribution in [0.1, 0.15) is 38.5 Å². The van der Waals surface area contributed by atoms with Gasteiger partial charge in [0.05, 0.1) is 3.79 Å². The van der Waals surface area contributed by atoms with E-state index in [2.05, 4.69) is 20.7 Å². The van der Waals surface area contributed by atoms with Crippen molar-refractivity contribution in [3.05, 3.63) is 15.9 Å². The molecule has 0 spiro atoms. The van der Waals surface area contributed by atoms with E-state index in [0.29, 0.717) is 10.8 Å². The second kappa shape index (κ2) is 7.56. The van der Waals surface area contributed by atoms with E-state index in [9.17, 15) is 8.42 Å². The highest BCUT2D eigenvalue weighted by molar-refractivity contribution is 9.11. The molecule has 116 valence electrons. The standard InChI is InChI=1S/C12H19BrN2O2S2.ClH/c13-10-5-6-11(18-10)19(16,17)15-9-12(14)7-3-1-2-4-8-12;/h5-6,15H,1-4,7-9,14H2;1H. The lowest BCUT2D eigenvalue weighted by Gasteiger charge is -2.28. The summed E-state index contributed by atoms with van der Waals surface area (Å²) in [6, 6.07) is 3.34. The fourth-order valence-electron chi connectivity index (χ4n) is 2.36. The molecule has 4 nitrogen and oxygen atoms in total. The summed E-state index contributed by atoms with van der Waals surface area (Å²) in [5.74, 6) is 0. The molecule has 0 amide bonds. The van der Waals surface area contributed by atoms with Crippen molar-refractivity contribution in [1.29, 1.82) is 0 Å². The predicted molar refractivity (Wildman–Crippen MR) is 89.1 cm³/mol. The van der Waals surface area contributed by atoms with Crippen molar-refractivity contribution < 1.29 is 8.42 Å². The SMILES string of the molecule is Cl.NC1(CNS(=O)(=O)c2ccc(Br)s2)CCCCCC1. The molecule has 3 N–H and O–H groups in total. The monoisotopic (exact) mass is 402 g/mol. The third-order valence-corrected chi connectivity index (χ3v) is 7.04. The van der Waals surface area contributed by atoms with Gasteiger partial charge in [-0.3, -0.25) is 0 Å². The lowest BCUT2D eigenvalue weighted by atomic mass is 9.92. The molecule has 0 aliphatic heterocycles. The molecule has 8 heteroatoms. The number of hydrogen-bond acceptors (Lipinski definition) is 4. The molecular formula is C12H20BrClN2O2S2. The zero-order valence-electron chi connectivity index (χ0n) is 11.1. The smallest absolute Gasteiger partial charge is 0.250 e. The van der Waals surface area contributed by atoms with Crippen LogP contribution in [0.15, 0.2) is 20.1 Å². The van der Waals surface area contributed by atoms with Crippen molar-refractivity contribution in [2.24, 2.45) is 5.73 Å². The first-order valence-corrected chi connectivity index (χ1v) is 9.55. The van der Waals surface area contributed by atoms with Gasteiger partial charge in [-0.25, -0.2) is 13.1 Å². The molecule has 1 fully saturated rings. The Morgan fingerprint density at radius 1 is 1.25 bits per heavy atom. The second-order valence-electron chi connectivity index (χ2n) is 5.16. The predicted octanol–water partition coefficient (Wildman–Crippen LogP) is 3.26. The molecule has 0 radical (unpaired) electrons. The summed E-state index contributed by atoms with van der Waals surface area (Å²) in [5.41, 5.74) is 5.93. The van der Waals surface area contributed by atoms with E-state index in [0.717, 1.165) is 29.5 Å². The van der Waals surface area contributed by atoms with E-state index in [1.165, 1.54) is 24.2 Å². The molecular weight excluding hydrogens is 384 g/mol. The highest BCUT2D eigenvalue weighted by Gasteiger charge is 2.28. The summed E-state index contributed by atoms with van der Waals surface area (Å²) in [7, 11) is -3.43. The van der Waals surface area contributed by atoms with Crippen LogP contribution in [0.4, 0.5) is 0 Å². The second-order valence-corrected chi connectivity index (χ2v) is 9.62. The van der Waals surface area contributed by atoms with Gasteiger partial charge in [0.1, 0.15) is 4.21 Å². The number of sulfonamides is 1. The molecule has 1 aromatic rings. The molecule has 2 rings (SSSR count). The highest BCUT2D eigenvalue weighted by atomic mass is 79.9. The fraction of sp³-hybridized carbons (Fsp3) is 0.667.